The molecule has 2 aliphatic rings. The molecule has 0 radical (unpaired) electrons. The first-order valence-electron chi connectivity index (χ1n) is 9.10. The number of amides is 1. The zero-order valence-corrected chi connectivity index (χ0v) is 14.4. The molecule has 1 saturated heterocycles. The average Bonchev–Trinajstić information content (AvgIpc) is 2.68. The highest BCUT2D eigenvalue weighted by molar-refractivity contribution is 6.00. The van der Waals surface area contributed by atoms with Gasteiger partial charge in [-0.15, -0.1) is 0 Å². The molecule has 4 heteroatoms. The van der Waals surface area contributed by atoms with Crippen molar-refractivity contribution in [1.82, 2.24) is 5.32 Å². The minimum Gasteiger partial charge on any atom is -0.378 e. The number of carbonyl (C=O) groups excluding carboxylic acids is 1. The van der Waals surface area contributed by atoms with Gasteiger partial charge in [0.1, 0.15) is 0 Å². The lowest BCUT2D eigenvalue weighted by Crippen LogP contribution is -2.41. The van der Waals surface area contributed by atoms with Crippen molar-refractivity contribution in [2.75, 3.05) is 31.2 Å². The Morgan fingerprint density at radius 2 is 1.72 bits per heavy atom. The molecule has 1 aliphatic carbocycles. The van der Waals surface area contributed by atoms with Crippen LogP contribution in [0.3, 0.4) is 0 Å². The number of nitrogens with one attached hydrogen (secondary N) is 1. The Morgan fingerprint density at radius 3 is 2.56 bits per heavy atom. The second kappa shape index (κ2) is 7.28. The number of fused-ring (bicyclic) bond motifs is 1. The zero-order valence-electron chi connectivity index (χ0n) is 14.4. The van der Waals surface area contributed by atoms with Gasteiger partial charge in [0.25, 0.3) is 5.91 Å². The molecule has 4 rings (SSSR count). The van der Waals surface area contributed by atoms with Crippen LogP contribution < -0.4 is 10.2 Å². The number of para-hydroxylation sites is 1. The number of ether oxygens (including phenoxy) is 1. The van der Waals surface area contributed by atoms with E-state index in [0.29, 0.717) is 0 Å². The summed E-state index contributed by atoms with van der Waals surface area (Å²) in [5.41, 5.74) is 4.56. The fourth-order valence-corrected chi connectivity index (χ4v) is 3.83. The van der Waals surface area contributed by atoms with E-state index < -0.39 is 0 Å². The first kappa shape index (κ1) is 16.2. The SMILES string of the molecule is O=C(N[C@@H]1CCc2ccccc2C1)c1ccccc1N1CCOCC1. The van der Waals surface area contributed by atoms with Crippen LogP contribution in [-0.4, -0.2) is 38.3 Å². The number of rotatable bonds is 3. The average molecular weight is 336 g/mol. The van der Waals surface area contributed by atoms with Gasteiger partial charge in [-0.2, -0.15) is 0 Å². The van der Waals surface area contributed by atoms with Gasteiger partial charge >= 0.3 is 0 Å². The molecule has 1 aliphatic heterocycles. The van der Waals surface area contributed by atoms with Crippen molar-refractivity contribution in [2.24, 2.45) is 0 Å². The molecule has 0 spiro atoms. The topological polar surface area (TPSA) is 41.6 Å². The number of aryl methyl sites for hydroxylation is 1. The van der Waals surface area contributed by atoms with Crippen LogP contribution in [0, 0.1) is 0 Å². The van der Waals surface area contributed by atoms with Gasteiger partial charge in [-0.1, -0.05) is 36.4 Å². The molecule has 1 fully saturated rings. The highest BCUT2D eigenvalue weighted by Crippen LogP contribution is 2.24. The van der Waals surface area contributed by atoms with Crippen LogP contribution in [0.2, 0.25) is 0 Å². The van der Waals surface area contributed by atoms with Crippen molar-refractivity contribution in [3.63, 3.8) is 0 Å². The summed E-state index contributed by atoms with van der Waals surface area (Å²) in [6.07, 6.45) is 2.95. The fourth-order valence-electron chi connectivity index (χ4n) is 3.83. The number of anilines is 1. The van der Waals surface area contributed by atoms with Crippen molar-refractivity contribution < 1.29 is 9.53 Å². The third-order valence-electron chi connectivity index (χ3n) is 5.18. The number of hydrogen-bond donors (Lipinski definition) is 1. The van der Waals surface area contributed by atoms with Crippen molar-refractivity contribution >= 4 is 11.6 Å². The molecule has 1 amide bonds. The normalized spacial score (nSPS) is 20.0. The Kier molecular flexibility index (Phi) is 4.70. The van der Waals surface area contributed by atoms with Gasteiger partial charge in [0.05, 0.1) is 18.8 Å². The Hall–Kier alpha value is -2.33. The minimum absolute atomic E-state index is 0.0338. The van der Waals surface area contributed by atoms with Crippen LogP contribution in [0.1, 0.15) is 27.9 Å². The molecule has 130 valence electrons. The maximum atomic E-state index is 12.9. The largest absolute Gasteiger partial charge is 0.378 e. The Bertz CT molecular complexity index is 753. The lowest BCUT2D eigenvalue weighted by atomic mass is 9.88. The summed E-state index contributed by atoms with van der Waals surface area (Å²) in [6.45, 7) is 3.10. The molecule has 1 N–H and O–H groups in total. The maximum Gasteiger partial charge on any atom is 0.253 e. The Balaban J connectivity index is 1.48. The van der Waals surface area contributed by atoms with Crippen molar-refractivity contribution in [3.8, 4) is 0 Å². The molecule has 1 heterocycles. The van der Waals surface area contributed by atoms with E-state index in [0.717, 1.165) is 56.8 Å². The van der Waals surface area contributed by atoms with E-state index in [1.165, 1.54) is 11.1 Å². The van der Waals surface area contributed by atoms with E-state index in [4.69, 9.17) is 4.74 Å². The first-order valence-corrected chi connectivity index (χ1v) is 9.10. The number of carbonyl (C=O) groups is 1. The van der Waals surface area contributed by atoms with Crippen LogP contribution in [0.4, 0.5) is 5.69 Å². The summed E-state index contributed by atoms with van der Waals surface area (Å²) in [6, 6.07) is 16.7. The van der Waals surface area contributed by atoms with Crippen LogP contribution in [0.25, 0.3) is 0 Å². The third kappa shape index (κ3) is 3.54. The smallest absolute Gasteiger partial charge is 0.253 e. The molecule has 2 aromatic carbocycles. The molecule has 0 saturated carbocycles. The van der Waals surface area contributed by atoms with Crippen LogP contribution in [0.15, 0.2) is 48.5 Å². The van der Waals surface area contributed by atoms with Gasteiger partial charge in [-0.3, -0.25) is 4.79 Å². The molecule has 0 bridgehead atoms. The van der Waals surface area contributed by atoms with E-state index in [1.54, 1.807) is 0 Å². The first-order chi connectivity index (χ1) is 12.3. The molecular weight excluding hydrogens is 312 g/mol. The van der Waals surface area contributed by atoms with Gasteiger partial charge < -0.3 is 15.0 Å². The maximum absolute atomic E-state index is 12.9. The highest BCUT2D eigenvalue weighted by atomic mass is 16.5. The molecule has 25 heavy (non-hydrogen) atoms. The molecule has 1 atom stereocenters. The number of nitrogens with zero attached hydrogens (tertiary/aromatic N) is 1. The number of hydrogen-bond acceptors (Lipinski definition) is 3. The molecule has 4 nitrogen and oxygen atoms in total. The van der Waals surface area contributed by atoms with Crippen molar-refractivity contribution in [3.05, 3.63) is 65.2 Å². The lowest BCUT2D eigenvalue weighted by Gasteiger charge is -2.31. The molecule has 0 unspecified atom stereocenters. The van der Waals surface area contributed by atoms with E-state index in [2.05, 4.69) is 34.5 Å². The third-order valence-corrected chi connectivity index (χ3v) is 5.18. The van der Waals surface area contributed by atoms with Gasteiger partial charge in [0.2, 0.25) is 0 Å². The lowest BCUT2D eigenvalue weighted by molar-refractivity contribution is 0.0932. The number of morpholine rings is 1. The van der Waals surface area contributed by atoms with E-state index in [9.17, 15) is 4.79 Å². The highest BCUT2D eigenvalue weighted by Gasteiger charge is 2.23. The zero-order chi connectivity index (χ0) is 17.1. The quantitative estimate of drug-likeness (QED) is 0.937. The van der Waals surface area contributed by atoms with E-state index in [-0.39, 0.29) is 11.9 Å². The predicted octanol–water partition coefficient (Wildman–Crippen LogP) is 2.81. The van der Waals surface area contributed by atoms with E-state index in [1.807, 2.05) is 24.3 Å². The fraction of sp³-hybridized carbons (Fsp3) is 0.381. The minimum atomic E-state index is 0.0338. The van der Waals surface area contributed by atoms with Crippen LogP contribution in [-0.2, 0) is 17.6 Å². The molecule has 0 aromatic heterocycles. The van der Waals surface area contributed by atoms with Crippen molar-refractivity contribution in [1.29, 1.82) is 0 Å². The standard InChI is InChI=1S/C21H24N2O2/c24-21(22-18-10-9-16-5-1-2-6-17(16)15-18)19-7-3-4-8-20(19)23-11-13-25-14-12-23/h1-8,18H,9-15H2,(H,22,24)/t18-/m1/s1. The predicted molar refractivity (Wildman–Crippen MR) is 99.2 cm³/mol. The summed E-state index contributed by atoms with van der Waals surface area (Å²) >= 11 is 0. The van der Waals surface area contributed by atoms with Crippen molar-refractivity contribution in [2.45, 2.75) is 25.3 Å². The van der Waals surface area contributed by atoms with Gasteiger partial charge in [0, 0.05) is 24.8 Å². The summed E-state index contributed by atoms with van der Waals surface area (Å²) in [5.74, 6) is 0.0338. The summed E-state index contributed by atoms with van der Waals surface area (Å²) in [7, 11) is 0. The summed E-state index contributed by atoms with van der Waals surface area (Å²) < 4.78 is 5.43. The van der Waals surface area contributed by atoms with Gasteiger partial charge in [0.15, 0.2) is 0 Å². The number of benzene rings is 2. The summed E-state index contributed by atoms with van der Waals surface area (Å²) in [4.78, 5) is 15.2. The van der Waals surface area contributed by atoms with Gasteiger partial charge in [-0.25, -0.2) is 0 Å². The summed E-state index contributed by atoms with van der Waals surface area (Å²) in [5, 5.41) is 3.26. The van der Waals surface area contributed by atoms with Crippen LogP contribution in [0.5, 0.6) is 0 Å². The molecule has 2 aromatic rings. The Labute approximate surface area is 148 Å². The second-order valence-corrected chi connectivity index (χ2v) is 6.80. The van der Waals surface area contributed by atoms with Gasteiger partial charge in [-0.05, 0) is 42.5 Å². The second-order valence-electron chi connectivity index (χ2n) is 6.80. The Morgan fingerprint density at radius 1 is 1.00 bits per heavy atom. The molecular formula is C21H24N2O2. The van der Waals surface area contributed by atoms with Crippen LogP contribution >= 0.6 is 0 Å². The van der Waals surface area contributed by atoms with E-state index >= 15 is 0 Å². The monoisotopic (exact) mass is 336 g/mol.